The van der Waals surface area contributed by atoms with Gasteiger partial charge < -0.3 is 14.8 Å². The lowest BCUT2D eigenvalue weighted by molar-refractivity contribution is -0.139. The van der Waals surface area contributed by atoms with E-state index in [9.17, 15) is 4.79 Å². The summed E-state index contributed by atoms with van der Waals surface area (Å²) in [5.41, 5.74) is 2.31. The first-order chi connectivity index (χ1) is 9.62. The Kier molecular flexibility index (Phi) is 7.47. The highest BCUT2D eigenvalue weighted by atomic mass is 32.2. The van der Waals surface area contributed by atoms with Crippen LogP contribution in [0.2, 0.25) is 0 Å². The summed E-state index contributed by atoms with van der Waals surface area (Å²) in [4.78, 5) is 11.3. The van der Waals surface area contributed by atoms with Crippen molar-refractivity contribution in [2.45, 2.75) is 19.9 Å². The van der Waals surface area contributed by atoms with Crippen LogP contribution in [-0.2, 0) is 9.53 Å². The molecule has 20 heavy (non-hydrogen) atoms. The second-order valence-corrected chi connectivity index (χ2v) is 5.44. The molecule has 0 aliphatic rings. The fourth-order valence-corrected chi connectivity index (χ4v) is 2.87. The minimum absolute atomic E-state index is 0.143. The van der Waals surface area contributed by atoms with E-state index < -0.39 is 0 Å². The minimum atomic E-state index is -0.163. The summed E-state index contributed by atoms with van der Waals surface area (Å²) in [6, 6.07) is 6.26. The lowest BCUT2D eigenvalue weighted by Gasteiger charge is -2.19. The van der Waals surface area contributed by atoms with Crippen LogP contribution in [0.15, 0.2) is 18.2 Å². The van der Waals surface area contributed by atoms with Crippen molar-refractivity contribution >= 4 is 17.7 Å². The second-order valence-electron chi connectivity index (χ2n) is 4.41. The summed E-state index contributed by atoms with van der Waals surface area (Å²) in [5, 5.41) is 3.27. The third-order valence-corrected chi connectivity index (χ3v) is 3.93. The van der Waals surface area contributed by atoms with Crippen molar-refractivity contribution in [2.75, 3.05) is 32.3 Å². The highest BCUT2D eigenvalue weighted by molar-refractivity contribution is 7.99. The van der Waals surface area contributed by atoms with E-state index in [-0.39, 0.29) is 12.0 Å². The number of ether oxygens (including phenoxy) is 2. The molecule has 0 bridgehead atoms. The monoisotopic (exact) mass is 297 g/mol. The normalized spacial score (nSPS) is 12.0. The zero-order valence-electron chi connectivity index (χ0n) is 12.6. The van der Waals surface area contributed by atoms with Gasteiger partial charge in [0.15, 0.2) is 0 Å². The molecule has 0 spiro atoms. The van der Waals surface area contributed by atoms with Crippen LogP contribution in [0, 0.1) is 6.92 Å². The van der Waals surface area contributed by atoms with E-state index in [0.717, 1.165) is 17.1 Å². The van der Waals surface area contributed by atoms with Crippen molar-refractivity contribution < 1.29 is 14.3 Å². The van der Waals surface area contributed by atoms with Crippen LogP contribution >= 0.6 is 11.8 Å². The van der Waals surface area contributed by atoms with Crippen LogP contribution in [-0.4, -0.2) is 38.2 Å². The average molecular weight is 297 g/mol. The summed E-state index contributed by atoms with van der Waals surface area (Å²) < 4.78 is 10.3. The van der Waals surface area contributed by atoms with E-state index in [1.807, 2.05) is 26.1 Å². The third-order valence-electron chi connectivity index (χ3n) is 2.92. The van der Waals surface area contributed by atoms with Crippen LogP contribution in [0.3, 0.4) is 0 Å². The lowest BCUT2D eigenvalue weighted by Crippen LogP contribution is -2.20. The molecule has 1 rings (SSSR count). The number of thioether (sulfide) groups is 1. The number of carbonyl (C=O) groups excluding carboxylic acids is 1. The van der Waals surface area contributed by atoms with Gasteiger partial charge in [-0.15, -0.1) is 11.8 Å². The summed E-state index contributed by atoms with van der Waals surface area (Å²) >= 11 is 1.56. The van der Waals surface area contributed by atoms with E-state index in [1.54, 1.807) is 18.9 Å². The number of aryl methyl sites for hydroxylation is 1. The predicted molar refractivity (Wildman–Crippen MR) is 83.5 cm³/mol. The smallest absolute Gasteiger partial charge is 0.315 e. The standard InChI is InChI=1S/C15H23NO3S/c1-5-19-15(17)10-20-9-13(16-3)12-8-11(2)6-7-14(12)18-4/h6-8,13,16H,5,9-10H2,1-4H3. The maximum absolute atomic E-state index is 11.3. The number of nitrogens with one attached hydrogen (secondary N) is 1. The summed E-state index contributed by atoms with van der Waals surface area (Å²) in [5.74, 6) is 1.87. The Morgan fingerprint density at radius 2 is 2.20 bits per heavy atom. The first-order valence-corrected chi connectivity index (χ1v) is 7.83. The van der Waals surface area contributed by atoms with Gasteiger partial charge in [0.25, 0.3) is 0 Å². The van der Waals surface area contributed by atoms with Crippen molar-refractivity contribution in [3.05, 3.63) is 29.3 Å². The molecule has 1 unspecified atom stereocenters. The second kappa shape index (κ2) is 8.87. The van der Waals surface area contributed by atoms with Crippen molar-refractivity contribution in [1.29, 1.82) is 0 Å². The van der Waals surface area contributed by atoms with Gasteiger partial charge in [0.2, 0.25) is 0 Å². The zero-order valence-corrected chi connectivity index (χ0v) is 13.4. The van der Waals surface area contributed by atoms with Gasteiger partial charge in [0, 0.05) is 17.4 Å². The van der Waals surface area contributed by atoms with Gasteiger partial charge in [-0.3, -0.25) is 4.79 Å². The Bertz CT molecular complexity index is 437. The van der Waals surface area contributed by atoms with Crippen LogP contribution in [0.25, 0.3) is 0 Å². The van der Waals surface area contributed by atoms with Gasteiger partial charge in [-0.05, 0) is 27.0 Å². The fourth-order valence-electron chi connectivity index (χ4n) is 1.92. The molecule has 0 saturated heterocycles. The Morgan fingerprint density at radius 3 is 2.80 bits per heavy atom. The summed E-state index contributed by atoms with van der Waals surface area (Å²) in [6.45, 7) is 4.30. The van der Waals surface area contributed by atoms with E-state index in [0.29, 0.717) is 12.4 Å². The molecule has 1 aromatic rings. The Morgan fingerprint density at radius 1 is 1.45 bits per heavy atom. The van der Waals surface area contributed by atoms with E-state index in [1.165, 1.54) is 5.56 Å². The zero-order chi connectivity index (χ0) is 15.0. The van der Waals surface area contributed by atoms with Gasteiger partial charge >= 0.3 is 5.97 Å². The molecule has 0 aliphatic heterocycles. The van der Waals surface area contributed by atoms with Crippen molar-refractivity contribution in [1.82, 2.24) is 5.32 Å². The molecule has 0 fully saturated rings. The van der Waals surface area contributed by atoms with Gasteiger partial charge in [-0.2, -0.15) is 0 Å². The predicted octanol–water partition coefficient (Wildman–Crippen LogP) is 2.56. The lowest BCUT2D eigenvalue weighted by atomic mass is 10.0. The number of carbonyl (C=O) groups is 1. The topological polar surface area (TPSA) is 47.6 Å². The molecule has 112 valence electrons. The molecule has 0 saturated carbocycles. The molecular weight excluding hydrogens is 274 g/mol. The van der Waals surface area contributed by atoms with Crippen molar-refractivity contribution in [2.24, 2.45) is 0 Å². The molecule has 1 aromatic carbocycles. The number of esters is 1. The first kappa shape index (κ1) is 16.9. The largest absolute Gasteiger partial charge is 0.496 e. The number of benzene rings is 1. The minimum Gasteiger partial charge on any atom is -0.496 e. The van der Waals surface area contributed by atoms with Crippen molar-refractivity contribution in [3.63, 3.8) is 0 Å². The van der Waals surface area contributed by atoms with Gasteiger partial charge in [-0.25, -0.2) is 0 Å². The molecule has 0 aliphatic carbocycles. The van der Waals surface area contributed by atoms with E-state index in [4.69, 9.17) is 9.47 Å². The fraction of sp³-hybridized carbons (Fsp3) is 0.533. The summed E-state index contributed by atoms with van der Waals surface area (Å²) in [7, 11) is 3.59. The Labute approximate surface area is 125 Å². The van der Waals surface area contributed by atoms with Crippen molar-refractivity contribution in [3.8, 4) is 5.75 Å². The molecule has 4 nitrogen and oxygen atoms in total. The molecule has 5 heteroatoms. The number of rotatable bonds is 8. The van der Waals surface area contributed by atoms with E-state index >= 15 is 0 Å². The third kappa shape index (κ3) is 5.06. The molecular formula is C15H23NO3S. The maximum Gasteiger partial charge on any atom is 0.315 e. The number of hydrogen-bond donors (Lipinski definition) is 1. The summed E-state index contributed by atoms with van der Waals surface area (Å²) in [6.07, 6.45) is 0. The quantitative estimate of drug-likeness (QED) is 0.747. The highest BCUT2D eigenvalue weighted by Crippen LogP contribution is 2.28. The van der Waals surface area contributed by atoms with Crippen LogP contribution in [0.4, 0.5) is 0 Å². The van der Waals surface area contributed by atoms with E-state index in [2.05, 4.69) is 18.3 Å². The molecule has 0 heterocycles. The first-order valence-electron chi connectivity index (χ1n) is 6.67. The van der Waals surface area contributed by atoms with Crippen LogP contribution in [0.1, 0.15) is 24.1 Å². The molecule has 0 aromatic heterocycles. The molecule has 1 N–H and O–H groups in total. The highest BCUT2D eigenvalue weighted by Gasteiger charge is 2.15. The maximum atomic E-state index is 11.3. The average Bonchev–Trinajstić information content (AvgIpc) is 2.44. The SMILES string of the molecule is CCOC(=O)CSCC(NC)c1cc(C)ccc1OC. The number of methoxy groups -OCH3 is 1. The molecule has 0 amide bonds. The molecule has 1 atom stereocenters. The van der Waals surface area contributed by atoms with Gasteiger partial charge in [0.05, 0.1) is 19.5 Å². The Hall–Kier alpha value is -1.20. The van der Waals surface area contributed by atoms with Crippen LogP contribution < -0.4 is 10.1 Å². The number of hydrogen-bond acceptors (Lipinski definition) is 5. The Balaban J connectivity index is 2.66. The van der Waals surface area contributed by atoms with Gasteiger partial charge in [0.1, 0.15) is 5.75 Å². The van der Waals surface area contributed by atoms with Gasteiger partial charge in [-0.1, -0.05) is 17.7 Å². The molecule has 0 radical (unpaired) electrons. The van der Waals surface area contributed by atoms with Crippen LogP contribution in [0.5, 0.6) is 5.75 Å².